The van der Waals surface area contributed by atoms with E-state index < -0.39 is 49.4 Å². The van der Waals surface area contributed by atoms with Crippen molar-refractivity contribution in [3.63, 3.8) is 0 Å². The molecule has 0 radical (unpaired) electrons. The Kier molecular flexibility index (Phi) is 5.45. The Balaban J connectivity index is 3.06. The van der Waals surface area contributed by atoms with E-state index in [9.17, 15) is 26.5 Å². The molecule has 7 nitrogen and oxygen atoms in total. The van der Waals surface area contributed by atoms with Crippen molar-refractivity contribution in [1.29, 1.82) is 0 Å². The molecule has 0 spiro atoms. The van der Waals surface area contributed by atoms with Crippen molar-refractivity contribution in [3.05, 3.63) is 29.1 Å². The van der Waals surface area contributed by atoms with Crippen LogP contribution in [0.2, 0.25) is 0 Å². The van der Waals surface area contributed by atoms with E-state index in [0.29, 0.717) is 0 Å². The van der Waals surface area contributed by atoms with Gasteiger partial charge in [0.05, 0.1) is 0 Å². The van der Waals surface area contributed by atoms with E-state index in [1.54, 1.807) is 0 Å². The minimum Gasteiger partial charge on any atom is -0.322 e. The lowest BCUT2D eigenvalue weighted by Gasteiger charge is -2.15. The van der Waals surface area contributed by atoms with Gasteiger partial charge >= 0.3 is 14.5 Å². The highest BCUT2D eigenvalue weighted by molar-refractivity contribution is 8.08. The van der Waals surface area contributed by atoms with Crippen LogP contribution in [0.1, 0.15) is 0 Å². The Morgan fingerprint density at radius 1 is 0.857 bits per heavy atom. The predicted molar refractivity (Wildman–Crippen MR) is 57.6 cm³/mol. The van der Waals surface area contributed by atoms with Gasteiger partial charge in [-0.05, 0) is 11.8 Å². The highest BCUT2D eigenvalue weighted by atomic mass is 32.5. The molecule has 1 rings (SSSR count). The Morgan fingerprint density at radius 2 is 1.24 bits per heavy atom. The fourth-order valence-electron chi connectivity index (χ4n) is 0.890. The van der Waals surface area contributed by atoms with E-state index in [2.05, 4.69) is 25.7 Å². The summed E-state index contributed by atoms with van der Waals surface area (Å²) >= 11 is 3.97. The van der Waals surface area contributed by atoms with E-state index in [4.69, 9.17) is 14.7 Å². The van der Waals surface area contributed by atoms with Crippen molar-refractivity contribution in [1.82, 2.24) is 0 Å². The minimum atomic E-state index is -5.36. The molecule has 0 fully saturated rings. The third kappa shape index (κ3) is 4.66. The van der Waals surface area contributed by atoms with Crippen LogP contribution in [0.25, 0.3) is 0 Å². The van der Waals surface area contributed by atoms with Crippen molar-refractivity contribution in [3.8, 4) is 5.75 Å². The molecule has 21 heavy (non-hydrogen) atoms. The van der Waals surface area contributed by atoms with Crippen LogP contribution in [0.15, 0.2) is 0 Å². The predicted octanol–water partition coefficient (Wildman–Crippen LogP) is 2.02. The number of hydrogen-bond donors (Lipinski definition) is 3. The second-order valence-corrected chi connectivity index (χ2v) is 7.20. The smallest absolute Gasteiger partial charge is 0.322 e. The van der Waals surface area contributed by atoms with Crippen LogP contribution in [0.3, 0.4) is 0 Å². The summed E-state index contributed by atoms with van der Waals surface area (Å²) in [6.07, 6.45) is 0. The van der Waals surface area contributed by atoms with Crippen LogP contribution in [-0.4, -0.2) is 14.7 Å². The summed E-state index contributed by atoms with van der Waals surface area (Å²) in [5, 5.41) is 0. The Hall–Kier alpha value is -0.650. The summed E-state index contributed by atoms with van der Waals surface area (Å²) in [6, 6.07) is 0. The van der Waals surface area contributed by atoms with Crippen LogP contribution in [0.5, 0.6) is 5.75 Å². The third-order valence-corrected chi connectivity index (χ3v) is 4.32. The second kappa shape index (κ2) is 6.23. The van der Waals surface area contributed by atoms with Gasteiger partial charge in [0.1, 0.15) is 0 Å². The average molecular weight is 376 g/mol. The monoisotopic (exact) mass is 376 g/mol. The first kappa shape index (κ1) is 18.4. The van der Waals surface area contributed by atoms with Gasteiger partial charge in [-0.25, -0.2) is 22.0 Å². The van der Waals surface area contributed by atoms with Gasteiger partial charge in [0, 0.05) is 0 Å². The third-order valence-electron chi connectivity index (χ3n) is 1.59. The van der Waals surface area contributed by atoms with Gasteiger partial charge in [-0.3, -0.25) is 0 Å². The Bertz CT molecular complexity index is 634. The molecule has 1 atom stereocenters. The number of benzene rings is 1. The van der Waals surface area contributed by atoms with Crippen LogP contribution < -0.4 is 4.89 Å². The molecule has 0 aliphatic carbocycles. The van der Waals surface area contributed by atoms with Crippen LogP contribution in [0, 0.1) is 29.1 Å². The van der Waals surface area contributed by atoms with E-state index in [0.717, 1.165) is 0 Å². The lowest BCUT2D eigenvalue weighted by molar-refractivity contribution is -0.117. The summed E-state index contributed by atoms with van der Waals surface area (Å²) in [7, 11) is -5.36. The quantitative estimate of drug-likeness (QED) is 0.179. The first-order valence-electron chi connectivity index (χ1n) is 4.33. The molecular weight excluding hydrogens is 373 g/mol. The zero-order chi connectivity index (χ0) is 16.6. The number of halogens is 5. The fourth-order valence-corrected chi connectivity index (χ4v) is 3.12. The molecular formula is C6H3F5O7P2S. The first-order valence-corrected chi connectivity index (χ1v) is 8.45. The van der Waals surface area contributed by atoms with E-state index in [-0.39, 0.29) is 0 Å². The summed E-state index contributed by atoms with van der Waals surface area (Å²) in [4.78, 5) is 29.3. The molecule has 1 unspecified atom stereocenters. The number of hydrogen-bond acceptors (Lipinski definition) is 5. The normalized spacial score (nSPS) is 14.9. The van der Waals surface area contributed by atoms with Crippen molar-refractivity contribution >= 4 is 26.3 Å². The highest BCUT2D eigenvalue weighted by Crippen LogP contribution is 2.58. The van der Waals surface area contributed by atoms with Gasteiger partial charge < -0.3 is 19.6 Å². The number of phosphoric acid groups is 1. The fraction of sp³-hybridized carbons (Fsp3) is 0. The summed E-state index contributed by atoms with van der Waals surface area (Å²) in [5.41, 5.74) is 0. The second-order valence-electron chi connectivity index (χ2n) is 3.10. The maximum absolute atomic E-state index is 13.1. The van der Waals surface area contributed by atoms with Crippen LogP contribution in [0.4, 0.5) is 22.0 Å². The van der Waals surface area contributed by atoms with Gasteiger partial charge in [0.25, 0.3) is 0 Å². The maximum atomic E-state index is 13.1. The molecule has 0 saturated heterocycles. The lowest BCUT2D eigenvalue weighted by atomic mass is 10.3. The van der Waals surface area contributed by atoms with Crippen LogP contribution in [-0.2, 0) is 25.4 Å². The van der Waals surface area contributed by atoms with Gasteiger partial charge in [-0.15, -0.1) is 0 Å². The molecule has 1 aromatic rings. The Morgan fingerprint density at radius 3 is 1.62 bits per heavy atom. The Labute approximate surface area is 117 Å². The van der Waals surface area contributed by atoms with E-state index in [1.807, 2.05) is 0 Å². The molecule has 0 bridgehead atoms. The van der Waals surface area contributed by atoms with Crippen molar-refractivity contribution < 1.29 is 55.1 Å². The summed E-state index contributed by atoms with van der Waals surface area (Å²) in [6.45, 7) is -4.89. The molecule has 0 aliphatic heterocycles. The van der Waals surface area contributed by atoms with Gasteiger partial charge in [0.2, 0.25) is 34.8 Å². The molecule has 0 amide bonds. The molecule has 1 aromatic carbocycles. The van der Waals surface area contributed by atoms with Crippen LogP contribution >= 0.6 is 14.5 Å². The molecule has 0 saturated carbocycles. The molecule has 120 valence electrons. The zero-order valence-electron chi connectivity index (χ0n) is 9.17. The number of rotatable bonds is 5. The molecule has 0 aromatic heterocycles. The van der Waals surface area contributed by atoms with Gasteiger partial charge in [-0.1, -0.05) is 4.67 Å². The first-order chi connectivity index (χ1) is 9.36. The molecule has 3 N–H and O–H groups in total. The molecule has 0 heterocycles. The average Bonchev–Trinajstić information content (AvgIpc) is 2.31. The SMILES string of the molecule is O=P(O)(O)OP(O)(=S)OOc1c(F)c(F)c(F)c(F)c1F. The van der Waals surface area contributed by atoms with E-state index >= 15 is 0 Å². The van der Waals surface area contributed by atoms with Gasteiger partial charge in [0.15, 0.2) is 0 Å². The topological polar surface area (TPSA) is 105 Å². The van der Waals surface area contributed by atoms with Crippen molar-refractivity contribution in [2.24, 2.45) is 0 Å². The maximum Gasteiger partial charge on any atom is 0.476 e. The standard InChI is InChI=1S/C6H3F5O7P2S/c7-1-2(8)4(10)6(5(11)3(1)9)16-17-20(15,21)18-19(12,13)14/h(H,15,21)(H2,12,13,14). The minimum absolute atomic E-state index is 1.98. The highest BCUT2D eigenvalue weighted by Gasteiger charge is 2.33. The van der Waals surface area contributed by atoms with Crippen molar-refractivity contribution in [2.45, 2.75) is 0 Å². The summed E-state index contributed by atoms with van der Waals surface area (Å²) in [5.74, 6) is -14.1. The lowest BCUT2D eigenvalue weighted by Crippen LogP contribution is -2.07. The zero-order valence-corrected chi connectivity index (χ0v) is 11.8. The largest absolute Gasteiger partial charge is 0.476 e. The van der Waals surface area contributed by atoms with E-state index in [1.165, 1.54) is 0 Å². The van der Waals surface area contributed by atoms with Crippen molar-refractivity contribution in [2.75, 3.05) is 0 Å². The van der Waals surface area contributed by atoms with Gasteiger partial charge in [-0.2, -0.15) is 8.78 Å². The molecule has 15 heteroatoms. The molecule has 0 aliphatic rings. The summed E-state index contributed by atoms with van der Waals surface area (Å²) < 4.78 is 81.9.